The minimum atomic E-state index is -1.44. The van der Waals surface area contributed by atoms with Crippen LogP contribution < -0.4 is 0 Å². The van der Waals surface area contributed by atoms with Crippen molar-refractivity contribution in [2.45, 2.75) is 61.9 Å². The van der Waals surface area contributed by atoms with Crippen LogP contribution in [0.2, 0.25) is 0 Å². The monoisotopic (exact) mass is 404 g/mol. The fraction of sp³-hybridized carbons (Fsp3) is 0.478. The van der Waals surface area contributed by atoms with Gasteiger partial charge in [0.05, 0.1) is 22.3 Å². The molecule has 2 aliphatic rings. The molecule has 1 aliphatic heterocycles. The van der Waals surface area contributed by atoms with Gasteiger partial charge in [-0.25, -0.2) is 0 Å². The van der Waals surface area contributed by atoms with Gasteiger partial charge in [-0.1, -0.05) is 59.7 Å². The Balaban J connectivity index is 1.74. The van der Waals surface area contributed by atoms with Crippen molar-refractivity contribution in [3.8, 4) is 0 Å². The number of ether oxygens (including phenoxy) is 1. The average Bonchev–Trinajstić information content (AvgIpc) is 2.72. The molecule has 0 amide bonds. The SMILES string of the molecule is [B]C([B])(c1ccc2c(c1)CC2)c1cc([C@@H]2O[C@H](CO)[C@@H](O)[C@H](O)[C@H]2O)ccc1CC. The second-order valence-electron chi connectivity index (χ2n) is 8.37. The largest absolute Gasteiger partial charge is 0.394 e. The number of hydrogen-bond donors (Lipinski definition) is 4. The van der Waals surface area contributed by atoms with Gasteiger partial charge in [0.15, 0.2) is 0 Å². The van der Waals surface area contributed by atoms with Gasteiger partial charge in [-0.2, -0.15) is 0 Å². The molecule has 1 fully saturated rings. The molecule has 5 nitrogen and oxygen atoms in total. The van der Waals surface area contributed by atoms with E-state index in [1.165, 1.54) is 11.1 Å². The van der Waals surface area contributed by atoms with Crippen molar-refractivity contribution in [1.82, 2.24) is 0 Å². The molecule has 4 N–H and O–H groups in total. The van der Waals surface area contributed by atoms with E-state index in [-0.39, 0.29) is 0 Å². The number of rotatable bonds is 5. The summed E-state index contributed by atoms with van der Waals surface area (Å²) in [6.45, 7) is 1.54. The van der Waals surface area contributed by atoms with Crippen LogP contribution >= 0.6 is 0 Å². The van der Waals surface area contributed by atoms with Gasteiger partial charge in [0.2, 0.25) is 0 Å². The third kappa shape index (κ3) is 3.53. The molecule has 1 saturated heterocycles. The third-order valence-corrected chi connectivity index (χ3v) is 6.53. The van der Waals surface area contributed by atoms with Gasteiger partial charge in [0.25, 0.3) is 0 Å². The summed E-state index contributed by atoms with van der Waals surface area (Å²) in [6.07, 6.45) is -3.30. The topological polar surface area (TPSA) is 90.2 Å². The van der Waals surface area contributed by atoms with Crippen LogP contribution in [0.3, 0.4) is 0 Å². The quantitative estimate of drug-likeness (QED) is 0.542. The van der Waals surface area contributed by atoms with Crippen LogP contribution in [-0.2, 0) is 29.2 Å². The molecule has 2 aromatic carbocycles. The highest BCUT2D eigenvalue weighted by molar-refractivity contribution is 6.42. The Morgan fingerprint density at radius 1 is 0.967 bits per heavy atom. The predicted molar refractivity (Wildman–Crippen MR) is 115 cm³/mol. The van der Waals surface area contributed by atoms with Crippen LogP contribution in [0.4, 0.5) is 0 Å². The number of hydrogen-bond acceptors (Lipinski definition) is 5. The molecule has 30 heavy (non-hydrogen) atoms. The van der Waals surface area contributed by atoms with Crippen LogP contribution in [0.25, 0.3) is 0 Å². The zero-order valence-corrected chi connectivity index (χ0v) is 17.0. The van der Waals surface area contributed by atoms with E-state index in [0.717, 1.165) is 24.0 Å². The maximum Gasteiger partial charge on any atom is 0.113 e. The van der Waals surface area contributed by atoms with Crippen molar-refractivity contribution < 1.29 is 25.2 Å². The summed E-state index contributed by atoms with van der Waals surface area (Å²) in [6, 6.07) is 11.6. The van der Waals surface area contributed by atoms with Crippen LogP contribution in [0.1, 0.15) is 46.4 Å². The molecule has 5 atom stereocenters. The smallest absolute Gasteiger partial charge is 0.113 e. The first kappa shape index (κ1) is 21.6. The summed E-state index contributed by atoms with van der Waals surface area (Å²) in [5, 5.41) is 39.0. The zero-order chi connectivity index (χ0) is 21.6. The Bertz CT molecular complexity index is 930. The van der Waals surface area contributed by atoms with Gasteiger partial charge in [-0.3, -0.25) is 0 Å². The fourth-order valence-corrected chi connectivity index (χ4v) is 4.45. The van der Waals surface area contributed by atoms with E-state index < -0.39 is 42.3 Å². The van der Waals surface area contributed by atoms with Crippen LogP contribution in [0, 0.1) is 0 Å². The molecule has 0 saturated carbocycles. The minimum absolute atomic E-state index is 0.478. The molecule has 2 aromatic rings. The highest BCUT2D eigenvalue weighted by Crippen LogP contribution is 2.37. The molecule has 0 bridgehead atoms. The molecule has 4 radical (unpaired) electrons. The van der Waals surface area contributed by atoms with E-state index in [2.05, 4.69) is 12.1 Å². The van der Waals surface area contributed by atoms with Gasteiger partial charge in [-0.05, 0) is 41.5 Å². The van der Waals surface area contributed by atoms with Gasteiger partial charge < -0.3 is 25.2 Å². The third-order valence-electron chi connectivity index (χ3n) is 6.53. The van der Waals surface area contributed by atoms with E-state index in [4.69, 9.17) is 20.4 Å². The predicted octanol–water partition coefficient (Wildman–Crippen LogP) is 0.401. The van der Waals surface area contributed by atoms with E-state index in [1.54, 1.807) is 12.1 Å². The fourth-order valence-electron chi connectivity index (χ4n) is 4.45. The van der Waals surface area contributed by atoms with E-state index in [9.17, 15) is 20.4 Å². The van der Waals surface area contributed by atoms with Crippen molar-refractivity contribution >= 4 is 15.7 Å². The average molecular weight is 404 g/mol. The van der Waals surface area contributed by atoms with E-state index >= 15 is 0 Å². The molecule has 154 valence electrons. The molecule has 1 heterocycles. The summed E-state index contributed by atoms with van der Waals surface area (Å²) in [7, 11) is 13.3. The maximum absolute atomic E-state index is 10.5. The Labute approximate surface area is 179 Å². The molecule has 4 rings (SSSR count). The molecular weight excluding hydrogens is 378 g/mol. The van der Waals surface area contributed by atoms with Gasteiger partial charge >= 0.3 is 0 Å². The number of aliphatic hydroxyl groups excluding tert-OH is 4. The zero-order valence-electron chi connectivity index (χ0n) is 17.0. The lowest BCUT2D eigenvalue weighted by Crippen LogP contribution is -2.55. The van der Waals surface area contributed by atoms with Gasteiger partial charge in [0.1, 0.15) is 30.5 Å². The Morgan fingerprint density at radius 2 is 1.70 bits per heavy atom. The summed E-state index contributed by atoms with van der Waals surface area (Å²) in [4.78, 5) is 0. The van der Waals surface area contributed by atoms with Crippen molar-refractivity contribution in [3.63, 3.8) is 0 Å². The van der Waals surface area contributed by atoms with Crippen LogP contribution in [0.5, 0.6) is 0 Å². The second-order valence-corrected chi connectivity index (χ2v) is 8.37. The first-order valence-electron chi connectivity index (χ1n) is 10.4. The van der Waals surface area contributed by atoms with Gasteiger partial charge in [-0.15, -0.1) is 0 Å². The lowest BCUT2D eigenvalue weighted by molar-refractivity contribution is -0.231. The highest BCUT2D eigenvalue weighted by Gasteiger charge is 2.44. The lowest BCUT2D eigenvalue weighted by atomic mass is 9.47. The molecule has 0 spiro atoms. The Kier molecular flexibility index (Phi) is 5.86. The number of aryl methyl sites for hydroxylation is 3. The summed E-state index contributed by atoms with van der Waals surface area (Å²) >= 11 is 0. The molecular formula is C23H26B2O5. The summed E-state index contributed by atoms with van der Waals surface area (Å²) in [5.41, 5.74) is 5.64. The van der Waals surface area contributed by atoms with Crippen LogP contribution in [-0.4, -0.2) is 67.1 Å². The first-order chi connectivity index (χ1) is 14.3. The standard InChI is InChI=1S/C23H26B2O5/c1-2-12-3-6-15(22-21(29)20(28)19(27)18(11-26)30-22)10-17(12)23(24,25)16-8-7-13-4-5-14(13)9-16/h3,6-10,18-22,26-29H,2,4-5,11H2,1H3/t18-,19-,20+,21-,22+/m1/s1. The molecule has 7 heteroatoms. The highest BCUT2D eigenvalue weighted by atomic mass is 16.5. The number of aliphatic hydroxyl groups is 4. The van der Waals surface area contributed by atoms with E-state index in [1.807, 2.05) is 19.1 Å². The molecule has 0 unspecified atom stereocenters. The lowest BCUT2D eigenvalue weighted by Gasteiger charge is -2.41. The van der Waals surface area contributed by atoms with Crippen molar-refractivity contribution in [1.29, 1.82) is 0 Å². The molecule has 0 aromatic heterocycles. The first-order valence-corrected chi connectivity index (χ1v) is 10.4. The summed E-state index contributed by atoms with van der Waals surface area (Å²) in [5.74, 6) is 0. The van der Waals surface area contributed by atoms with E-state index in [0.29, 0.717) is 17.5 Å². The van der Waals surface area contributed by atoms with Crippen molar-refractivity contribution in [2.75, 3.05) is 6.61 Å². The van der Waals surface area contributed by atoms with Crippen molar-refractivity contribution in [2.24, 2.45) is 0 Å². The Hall–Kier alpha value is -1.63. The Morgan fingerprint density at radius 3 is 2.30 bits per heavy atom. The maximum atomic E-state index is 10.5. The van der Waals surface area contributed by atoms with Crippen LogP contribution in [0.15, 0.2) is 36.4 Å². The number of benzene rings is 2. The summed E-state index contributed by atoms with van der Waals surface area (Å²) < 4.78 is 5.72. The molecule has 1 aliphatic carbocycles. The normalized spacial score (nSPS) is 28.6. The minimum Gasteiger partial charge on any atom is -0.394 e. The second kappa shape index (κ2) is 8.13. The number of fused-ring (bicyclic) bond motifs is 1. The van der Waals surface area contributed by atoms with Crippen molar-refractivity contribution in [3.05, 3.63) is 69.8 Å². The van der Waals surface area contributed by atoms with Gasteiger partial charge in [0, 0.05) is 0 Å².